The van der Waals surface area contributed by atoms with Gasteiger partial charge in [0.2, 0.25) is 0 Å². The molecule has 0 aliphatic carbocycles. The number of allylic oxidation sites excluding steroid dienone is 1. The van der Waals surface area contributed by atoms with E-state index in [-0.39, 0.29) is 16.4 Å². The number of carbonyl (C=O) groups is 1. The Hall–Kier alpha value is -1.15. The van der Waals surface area contributed by atoms with Gasteiger partial charge in [-0.15, -0.1) is 0 Å². The van der Waals surface area contributed by atoms with Crippen LogP contribution in [0, 0.1) is 5.82 Å². The third-order valence-corrected chi connectivity index (χ3v) is 1.73. The van der Waals surface area contributed by atoms with Gasteiger partial charge in [-0.05, 0) is 30.7 Å². The zero-order chi connectivity index (χ0) is 10.0. The van der Waals surface area contributed by atoms with Crippen LogP contribution in [0.3, 0.4) is 0 Å². The van der Waals surface area contributed by atoms with Gasteiger partial charge < -0.3 is 0 Å². The third kappa shape index (κ3) is 2.39. The highest BCUT2D eigenvalue weighted by molar-refractivity contribution is 6.31. The number of benzene rings is 1. The zero-order valence-corrected chi connectivity index (χ0v) is 7.86. The number of hydrogen-bond acceptors (Lipinski definition) is 1. The maximum absolute atomic E-state index is 12.8. The molecule has 0 spiro atoms. The summed E-state index contributed by atoms with van der Waals surface area (Å²) < 4.78 is 12.8. The van der Waals surface area contributed by atoms with E-state index >= 15 is 0 Å². The largest absolute Gasteiger partial charge is 0.289 e. The summed E-state index contributed by atoms with van der Waals surface area (Å²) in [7, 11) is 0. The molecule has 0 unspecified atom stereocenters. The molecule has 0 atom stereocenters. The molecule has 3 heteroatoms. The second-order valence-electron chi connectivity index (χ2n) is 2.77. The predicted octanol–water partition coefficient (Wildman–Crippen LogP) is 3.24. The lowest BCUT2D eigenvalue weighted by Gasteiger charge is -2.00. The van der Waals surface area contributed by atoms with Crippen molar-refractivity contribution in [2.75, 3.05) is 0 Å². The lowest BCUT2D eigenvalue weighted by atomic mass is 10.1. The van der Waals surface area contributed by atoms with Gasteiger partial charge in [0.15, 0.2) is 5.78 Å². The van der Waals surface area contributed by atoms with E-state index in [0.29, 0.717) is 5.57 Å². The maximum Gasteiger partial charge on any atom is 0.188 e. The van der Waals surface area contributed by atoms with Crippen molar-refractivity contribution in [1.29, 1.82) is 0 Å². The van der Waals surface area contributed by atoms with Crippen molar-refractivity contribution in [2.24, 2.45) is 0 Å². The molecule has 0 bridgehead atoms. The minimum Gasteiger partial charge on any atom is -0.289 e. The van der Waals surface area contributed by atoms with Gasteiger partial charge in [0.25, 0.3) is 0 Å². The van der Waals surface area contributed by atoms with Gasteiger partial charge in [0, 0.05) is 10.6 Å². The number of carbonyl (C=O) groups excluding carboxylic acids is 1. The summed E-state index contributed by atoms with van der Waals surface area (Å²) in [5.41, 5.74) is 0.596. The van der Waals surface area contributed by atoms with Gasteiger partial charge >= 0.3 is 0 Å². The number of halogens is 2. The van der Waals surface area contributed by atoms with Gasteiger partial charge in [0.05, 0.1) is 0 Å². The fraction of sp³-hybridized carbons (Fsp3) is 0.100. The van der Waals surface area contributed by atoms with E-state index < -0.39 is 5.82 Å². The second kappa shape index (κ2) is 3.71. The van der Waals surface area contributed by atoms with Crippen molar-refractivity contribution in [3.8, 4) is 0 Å². The third-order valence-electron chi connectivity index (χ3n) is 1.51. The van der Waals surface area contributed by atoms with E-state index in [9.17, 15) is 9.18 Å². The van der Waals surface area contributed by atoms with Crippen LogP contribution in [0.5, 0.6) is 0 Å². The van der Waals surface area contributed by atoms with Gasteiger partial charge in [-0.2, -0.15) is 0 Å². The summed E-state index contributed by atoms with van der Waals surface area (Å²) >= 11 is 5.58. The summed E-state index contributed by atoms with van der Waals surface area (Å²) in [5.74, 6) is -0.807. The number of Topliss-reactive ketones (excluding diaryl/α,β-unsaturated/α-hetero) is 1. The second-order valence-corrected chi connectivity index (χ2v) is 3.20. The SMILES string of the molecule is C=C(C)C(=O)c1cc(F)cc(Cl)c1. The Kier molecular flexibility index (Phi) is 2.83. The van der Waals surface area contributed by atoms with Crippen LogP contribution in [0.25, 0.3) is 0 Å². The van der Waals surface area contributed by atoms with Crippen LogP contribution in [0.4, 0.5) is 4.39 Å². The molecule has 13 heavy (non-hydrogen) atoms. The average Bonchev–Trinajstić information content (AvgIpc) is 2.01. The first-order valence-electron chi connectivity index (χ1n) is 3.67. The lowest BCUT2D eigenvalue weighted by molar-refractivity contribution is 0.103. The molecular formula is C10H8ClFO. The van der Waals surface area contributed by atoms with Crippen molar-refractivity contribution in [3.05, 3.63) is 46.8 Å². The molecule has 0 aliphatic heterocycles. The fourth-order valence-electron chi connectivity index (χ4n) is 0.931. The Labute approximate surface area is 80.8 Å². The van der Waals surface area contributed by atoms with Crippen LogP contribution < -0.4 is 0 Å². The number of ketones is 1. The van der Waals surface area contributed by atoms with Crippen molar-refractivity contribution in [1.82, 2.24) is 0 Å². The summed E-state index contributed by atoms with van der Waals surface area (Å²) in [6, 6.07) is 3.71. The molecule has 1 aromatic carbocycles. The van der Waals surface area contributed by atoms with Crippen LogP contribution >= 0.6 is 11.6 Å². The fourth-order valence-corrected chi connectivity index (χ4v) is 1.15. The summed E-state index contributed by atoms with van der Waals surface area (Å²) in [4.78, 5) is 11.3. The molecule has 0 aromatic heterocycles. The molecule has 0 heterocycles. The molecule has 0 saturated heterocycles. The smallest absolute Gasteiger partial charge is 0.188 e. The summed E-state index contributed by atoms with van der Waals surface area (Å²) in [6.45, 7) is 5.05. The van der Waals surface area contributed by atoms with Crippen molar-refractivity contribution in [3.63, 3.8) is 0 Å². The number of hydrogen-bond donors (Lipinski definition) is 0. The topological polar surface area (TPSA) is 17.1 Å². The van der Waals surface area contributed by atoms with Crippen molar-refractivity contribution < 1.29 is 9.18 Å². The van der Waals surface area contributed by atoms with Crippen LogP contribution in [0.2, 0.25) is 5.02 Å². The highest BCUT2D eigenvalue weighted by Gasteiger charge is 2.08. The summed E-state index contributed by atoms with van der Waals surface area (Å²) in [6.07, 6.45) is 0. The van der Waals surface area contributed by atoms with Crippen LogP contribution in [0.1, 0.15) is 17.3 Å². The summed E-state index contributed by atoms with van der Waals surface area (Å²) in [5, 5.41) is 0.213. The van der Waals surface area contributed by atoms with E-state index in [2.05, 4.69) is 6.58 Å². The van der Waals surface area contributed by atoms with E-state index in [0.717, 1.165) is 12.1 Å². The highest BCUT2D eigenvalue weighted by Crippen LogP contribution is 2.16. The molecule has 0 aliphatic rings. The van der Waals surface area contributed by atoms with Crippen LogP contribution in [-0.2, 0) is 0 Å². The predicted molar refractivity (Wildman–Crippen MR) is 50.6 cm³/mol. The zero-order valence-electron chi connectivity index (χ0n) is 7.10. The Morgan fingerprint density at radius 3 is 2.54 bits per heavy atom. The van der Waals surface area contributed by atoms with Crippen LogP contribution in [0.15, 0.2) is 30.4 Å². The standard InChI is InChI=1S/C10H8ClFO/c1-6(2)10(13)7-3-8(11)5-9(12)4-7/h3-5H,1H2,2H3. The Bertz CT molecular complexity index is 351. The van der Waals surface area contributed by atoms with Gasteiger partial charge in [-0.25, -0.2) is 4.39 Å². The minimum atomic E-state index is -0.517. The average molecular weight is 199 g/mol. The van der Waals surface area contributed by atoms with E-state index in [1.54, 1.807) is 6.92 Å². The monoisotopic (exact) mass is 198 g/mol. The molecule has 0 saturated carbocycles. The first-order valence-corrected chi connectivity index (χ1v) is 4.05. The van der Waals surface area contributed by atoms with Gasteiger partial charge in [0.1, 0.15) is 5.82 Å². The first kappa shape index (κ1) is 9.93. The Morgan fingerprint density at radius 2 is 2.08 bits per heavy atom. The molecule has 1 nitrogen and oxygen atoms in total. The highest BCUT2D eigenvalue weighted by atomic mass is 35.5. The molecule has 1 aromatic rings. The Balaban J connectivity index is 3.15. The molecule has 0 fully saturated rings. The van der Waals surface area contributed by atoms with E-state index in [1.807, 2.05) is 0 Å². The normalized spacial score (nSPS) is 9.77. The quantitative estimate of drug-likeness (QED) is 0.527. The molecule has 1 rings (SSSR count). The maximum atomic E-state index is 12.8. The van der Waals surface area contributed by atoms with Gasteiger partial charge in [-0.3, -0.25) is 4.79 Å². The minimum absolute atomic E-state index is 0.213. The molecule has 0 N–H and O–H groups in total. The van der Waals surface area contributed by atoms with E-state index in [1.165, 1.54) is 6.07 Å². The van der Waals surface area contributed by atoms with E-state index in [4.69, 9.17) is 11.6 Å². The van der Waals surface area contributed by atoms with Gasteiger partial charge in [-0.1, -0.05) is 18.2 Å². The lowest BCUT2D eigenvalue weighted by Crippen LogP contribution is -1.99. The van der Waals surface area contributed by atoms with Crippen molar-refractivity contribution >= 4 is 17.4 Å². The molecule has 0 radical (unpaired) electrons. The number of rotatable bonds is 2. The molecule has 68 valence electrons. The van der Waals surface area contributed by atoms with Crippen molar-refractivity contribution in [2.45, 2.75) is 6.92 Å². The Morgan fingerprint density at radius 1 is 1.46 bits per heavy atom. The van der Waals surface area contributed by atoms with Crippen LogP contribution in [-0.4, -0.2) is 5.78 Å². The molecule has 0 amide bonds. The molecular weight excluding hydrogens is 191 g/mol. The first-order chi connectivity index (χ1) is 6.00.